The summed E-state index contributed by atoms with van der Waals surface area (Å²) in [5.41, 5.74) is 1.27. The summed E-state index contributed by atoms with van der Waals surface area (Å²) >= 11 is 11.7. The van der Waals surface area contributed by atoms with Crippen molar-refractivity contribution in [2.24, 2.45) is 0 Å². The molecule has 0 saturated carbocycles. The van der Waals surface area contributed by atoms with Gasteiger partial charge in [0.1, 0.15) is 10.0 Å². The van der Waals surface area contributed by atoms with Gasteiger partial charge in [0, 0.05) is 24.2 Å². The van der Waals surface area contributed by atoms with Gasteiger partial charge < -0.3 is 5.32 Å². The summed E-state index contributed by atoms with van der Waals surface area (Å²) in [6, 6.07) is 9.28. The average Bonchev–Trinajstić information content (AvgIpc) is 3.05. The first-order chi connectivity index (χ1) is 11.9. The molecule has 1 fully saturated rings. The number of nitrogens with one attached hydrogen (secondary N) is 1. The maximum atomic E-state index is 11.0. The van der Waals surface area contributed by atoms with E-state index in [1.54, 1.807) is 12.1 Å². The number of hydrogen-bond donors (Lipinski definition) is 1. The van der Waals surface area contributed by atoms with Crippen LogP contribution >= 0.6 is 23.2 Å². The molecule has 1 N–H and O–H groups in total. The molecule has 7 nitrogen and oxygen atoms in total. The number of nitro groups is 2. The first-order valence-electron chi connectivity index (χ1n) is 7.50. The van der Waals surface area contributed by atoms with Crippen molar-refractivity contribution in [3.05, 3.63) is 77.8 Å². The Kier molecular flexibility index (Phi) is 4.89. The van der Waals surface area contributed by atoms with Crippen LogP contribution in [0.15, 0.2) is 36.4 Å². The predicted molar refractivity (Wildman–Crippen MR) is 94.1 cm³/mol. The van der Waals surface area contributed by atoms with Crippen LogP contribution in [0.5, 0.6) is 0 Å². The Morgan fingerprint density at radius 1 is 0.840 bits per heavy atom. The average molecular weight is 382 g/mol. The summed E-state index contributed by atoms with van der Waals surface area (Å²) in [5.74, 6) is 0. The lowest BCUT2D eigenvalue weighted by molar-refractivity contribution is -0.384. The van der Waals surface area contributed by atoms with Crippen molar-refractivity contribution < 1.29 is 9.85 Å². The highest BCUT2D eigenvalue weighted by Crippen LogP contribution is 2.38. The molecule has 9 heteroatoms. The van der Waals surface area contributed by atoms with Crippen molar-refractivity contribution in [1.29, 1.82) is 0 Å². The van der Waals surface area contributed by atoms with Gasteiger partial charge in [-0.2, -0.15) is 0 Å². The maximum Gasteiger partial charge on any atom is 0.288 e. The van der Waals surface area contributed by atoms with E-state index in [1.165, 1.54) is 24.3 Å². The van der Waals surface area contributed by atoms with Crippen LogP contribution in [0.2, 0.25) is 10.0 Å². The molecule has 0 spiro atoms. The molecule has 2 atom stereocenters. The van der Waals surface area contributed by atoms with E-state index in [4.69, 9.17) is 23.2 Å². The number of benzene rings is 2. The Bertz CT molecular complexity index is 790. The summed E-state index contributed by atoms with van der Waals surface area (Å²) < 4.78 is 0. The van der Waals surface area contributed by atoms with Gasteiger partial charge in [0.05, 0.1) is 9.85 Å². The van der Waals surface area contributed by atoms with E-state index >= 15 is 0 Å². The highest BCUT2D eigenvalue weighted by Gasteiger charge is 2.29. The van der Waals surface area contributed by atoms with Gasteiger partial charge in [0.15, 0.2) is 0 Å². The second kappa shape index (κ2) is 6.95. The third-order valence-corrected chi connectivity index (χ3v) is 4.92. The van der Waals surface area contributed by atoms with Gasteiger partial charge in [-0.25, -0.2) is 0 Å². The molecule has 1 aliphatic rings. The number of nitro benzene ring substituents is 2. The fraction of sp³-hybridized carbons (Fsp3) is 0.250. The normalized spacial score (nSPS) is 19.8. The van der Waals surface area contributed by atoms with E-state index in [1.807, 2.05) is 0 Å². The van der Waals surface area contributed by atoms with Crippen molar-refractivity contribution in [2.45, 2.75) is 24.9 Å². The fourth-order valence-corrected chi connectivity index (χ4v) is 3.41. The summed E-state index contributed by atoms with van der Waals surface area (Å²) in [5, 5.41) is 25.6. The Labute approximate surface area is 152 Å². The Balaban J connectivity index is 1.83. The molecule has 130 valence electrons. The third-order valence-electron chi connectivity index (χ3n) is 4.28. The molecular weight excluding hydrogens is 369 g/mol. The highest BCUT2D eigenvalue weighted by atomic mass is 35.5. The SMILES string of the molecule is O=[N+]([O-])c1cc([C@H]2CC[C@H](c3ccc(Cl)c([N+](=O)[O-])c3)N2)ccc1Cl. The number of hydrogen-bond acceptors (Lipinski definition) is 5. The minimum Gasteiger partial charge on any atom is -0.303 e. The summed E-state index contributed by atoms with van der Waals surface area (Å²) in [4.78, 5) is 21.0. The zero-order chi connectivity index (χ0) is 18.1. The second-order valence-electron chi connectivity index (χ2n) is 5.79. The zero-order valence-electron chi connectivity index (χ0n) is 12.8. The van der Waals surface area contributed by atoms with Crippen molar-refractivity contribution in [2.75, 3.05) is 0 Å². The van der Waals surface area contributed by atoms with Crippen LogP contribution in [0.4, 0.5) is 11.4 Å². The first-order valence-corrected chi connectivity index (χ1v) is 8.26. The zero-order valence-corrected chi connectivity index (χ0v) is 14.3. The molecule has 1 aliphatic heterocycles. The summed E-state index contributed by atoms with van der Waals surface area (Å²) in [7, 11) is 0. The Morgan fingerprint density at radius 3 is 1.60 bits per heavy atom. The van der Waals surface area contributed by atoms with Crippen molar-refractivity contribution in [1.82, 2.24) is 5.32 Å². The summed E-state index contributed by atoms with van der Waals surface area (Å²) in [6.07, 6.45) is 1.50. The van der Waals surface area contributed by atoms with Crippen LogP contribution in [-0.4, -0.2) is 9.85 Å². The van der Waals surface area contributed by atoms with Crippen molar-refractivity contribution in [3.8, 4) is 0 Å². The molecule has 1 saturated heterocycles. The molecule has 0 bridgehead atoms. The Morgan fingerprint density at radius 2 is 1.24 bits per heavy atom. The molecule has 0 aromatic heterocycles. The molecule has 0 aliphatic carbocycles. The minimum absolute atomic E-state index is 0.0873. The lowest BCUT2D eigenvalue weighted by atomic mass is 10.0. The molecule has 0 amide bonds. The molecule has 3 rings (SSSR count). The van der Waals surface area contributed by atoms with Crippen molar-refractivity contribution in [3.63, 3.8) is 0 Å². The van der Waals surface area contributed by atoms with E-state index in [2.05, 4.69) is 5.32 Å². The number of nitrogens with zero attached hydrogens (tertiary/aromatic N) is 2. The van der Waals surface area contributed by atoms with Gasteiger partial charge in [-0.05, 0) is 36.1 Å². The van der Waals surface area contributed by atoms with E-state index in [0.717, 1.165) is 24.0 Å². The van der Waals surface area contributed by atoms with Crippen LogP contribution in [0.1, 0.15) is 36.1 Å². The van der Waals surface area contributed by atoms with Crippen molar-refractivity contribution >= 4 is 34.6 Å². The van der Waals surface area contributed by atoms with Gasteiger partial charge in [0.2, 0.25) is 0 Å². The predicted octanol–water partition coefficient (Wildman–Crippen LogP) is 4.98. The Hall–Kier alpha value is -2.22. The second-order valence-corrected chi connectivity index (χ2v) is 6.60. The van der Waals surface area contributed by atoms with Gasteiger partial charge in [0.25, 0.3) is 11.4 Å². The number of rotatable bonds is 4. The quantitative estimate of drug-likeness (QED) is 0.594. The van der Waals surface area contributed by atoms with Gasteiger partial charge in [-0.1, -0.05) is 35.3 Å². The highest BCUT2D eigenvalue weighted by molar-refractivity contribution is 6.33. The molecule has 2 aromatic rings. The molecule has 0 radical (unpaired) electrons. The monoisotopic (exact) mass is 381 g/mol. The third kappa shape index (κ3) is 3.58. The molecule has 1 heterocycles. The fourth-order valence-electron chi connectivity index (χ4n) is 3.04. The molecule has 0 unspecified atom stereocenters. The van der Waals surface area contributed by atoms with E-state index in [-0.39, 0.29) is 33.5 Å². The first kappa shape index (κ1) is 17.6. The van der Waals surface area contributed by atoms with E-state index in [9.17, 15) is 20.2 Å². The van der Waals surface area contributed by atoms with Crippen LogP contribution in [0.3, 0.4) is 0 Å². The minimum atomic E-state index is -0.513. The lowest BCUT2D eigenvalue weighted by Crippen LogP contribution is -2.17. The topological polar surface area (TPSA) is 98.3 Å². The smallest absolute Gasteiger partial charge is 0.288 e. The van der Waals surface area contributed by atoms with Crippen LogP contribution in [-0.2, 0) is 0 Å². The van der Waals surface area contributed by atoms with Gasteiger partial charge in [-0.3, -0.25) is 20.2 Å². The van der Waals surface area contributed by atoms with Crippen LogP contribution in [0.25, 0.3) is 0 Å². The van der Waals surface area contributed by atoms with Gasteiger partial charge in [-0.15, -0.1) is 0 Å². The van der Waals surface area contributed by atoms with Gasteiger partial charge >= 0.3 is 0 Å². The largest absolute Gasteiger partial charge is 0.303 e. The number of halogens is 2. The molecule has 2 aromatic carbocycles. The van der Waals surface area contributed by atoms with E-state index < -0.39 is 9.85 Å². The summed E-state index contributed by atoms with van der Waals surface area (Å²) in [6.45, 7) is 0. The van der Waals surface area contributed by atoms with Crippen LogP contribution in [0, 0.1) is 20.2 Å². The standard InChI is InChI=1S/C16H13Cl2N3O4/c17-11-3-1-9(7-15(11)20(22)23)13-5-6-14(19-13)10-2-4-12(18)16(8-10)21(24)25/h1-4,7-8,13-14,19H,5-6H2/t13-,14-/m1/s1. The van der Waals surface area contributed by atoms with Crippen LogP contribution < -0.4 is 5.32 Å². The molecular formula is C16H13Cl2N3O4. The molecule has 25 heavy (non-hydrogen) atoms. The lowest BCUT2D eigenvalue weighted by Gasteiger charge is -2.15. The van der Waals surface area contributed by atoms with E-state index in [0.29, 0.717) is 0 Å². The maximum absolute atomic E-state index is 11.0.